The molecule has 5 nitrogen and oxygen atoms in total. The molecule has 1 aromatic heterocycles. The van der Waals surface area contributed by atoms with Gasteiger partial charge in [0.2, 0.25) is 0 Å². The molecule has 3 aromatic carbocycles. The molecule has 34 heavy (non-hydrogen) atoms. The normalized spacial score (nSPS) is 11.8. The highest BCUT2D eigenvalue weighted by Gasteiger charge is 2.25. The van der Waals surface area contributed by atoms with Gasteiger partial charge >= 0.3 is 5.97 Å². The Morgan fingerprint density at radius 1 is 1.06 bits per heavy atom. The van der Waals surface area contributed by atoms with Crippen molar-refractivity contribution in [3.8, 4) is 11.3 Å². The Bertz CT molecular complexity index is 1360. The number of carbonyl (C=O) groups excluding carboxylic acids is 2. The molecule has 0 spiro atoms. The van der Waals surface area contributed by atoms with Crippen LogP contribution in [0.15, 0.2) is 77.3 Å². The summed E-state index contributed by atoms with van der Waals surface area (Å²) in [6.07, 6.45) is 0. The number of hydrogen-bond acceptors (Lipinski definition) is 4. The Morgan fingerprint density at radius 2 is 1.76 bits per heavy atom. The fourth-order valence-electron chi connectivity index (χ4n) is 3.96. The van der Waals surface area contributed by atoms with Gasteiger partial charge in [-0.2, -0.15) is 0 Å². The molecule has 0 aliphatic heterocycles. The van der Waals surface area contributed by atoms with Crippen molar-refractivity contribution in [2.45, 2.75) is 12.8 Å². The highest BCUT2D eigenvalue weighted by molar-refractivity contribution is 9.10. The lowest BCUT2D eigenvalue weighted by atomic mass is 9.96. The summed E-state index contributed by atoms with van der Waals surface area (Å²) < 4.78 is 19.1. The molecule has 0 radical (unpaired) electrons. The first-order valence-electron chi connectivity index (χ1n) is 10.7. The molecule has 0 fully saturated rings. The highest BCUT2D eigenvalue weighted by Crippen LogP contribution is 2.31. The van der Waals surface area contributed by atoms with E-state index in [0.717, 1.165) is 15.6 Å². The van der Waals surface area contributed by atoms with Gasteiger partial charge in [0.1, 0.15) is 5.82 Å². The van der Waals surface area contributed by atoms with E-state index in [1.165, 1.54) is 31.4 Å². The van der Waals surface area contributed by atoms with E-state index < -0.39 is 17.7 Å². The number of methoxy groups -OCH3 is 1. The Kier molecular flexibility index (Phi) is 7.03. The summed E-state index contributed by atoms with van der Waals surface area (Å²) in [7, 11) is 1.28. The maximum absolute atomic E-state index is 13.5. The van der Waals surface area contributed by atoms with Gasteiger partial charge in [0.15, 0.2) is 0 Å². The second kappa shape index (κ2) is 10.1. The van der Waals surface area contributed by atoms with Crippen LogP contribution in [0, 0.1) is 12.7 Å². The van der Waals surface area contributed by atoms with Crippen molar-refractivity contribution in [2.24, 2.45) is 0 Å². The molecule has 1 amide bonds. The summed E-state index contributed by atoms with van der Waals surface area (Å²) >= 11 is 3.48. The average Bonchev–Trinajstić information content (AvgIpc) is 2.85. The Balaban J connectivity index is 1.74. The van der Waals surface area contributed by atoms with Crippen molar-refractivity contribution < 1.29 is 18.7 Å². The number of hydrogen-bond donors (Lipinski definition) is 1. The summed E-state index contributed by atoms with van der Waals surface area (Å²) in [6, 6.07) is 20.8. The van der Waals surface area contributed by atoms with E-state index in [9.17, 15) is 14.0 Å². The van der Waals surface area contributed by atoms with Crippen molar-refractivity contribution in [3.05, 3.63) is 99.8 Å². The van der Waals surface area contributed by atoms with Crippen molar-refractivity contribution in [2.75, 3.05) is 13.7 Å². The number of benzene rings is 3. The first-order chi connectivity index (χ1) is 16.4. The molecule has 4 aromatic rings. The number of rotatable bonds is 6. The lowest BCUT2D eigenvalue weighted by Crippen LogP contribution is -2.33. The lowest BCUT2D eigenvalue weighted by Gasteiger charge is -2.18. The van der Waals surface area contributed by atoms with E-state index in [2.05, 4.69) is 21.2 Å². The lowest BCUT2D eigenvalue weighted by molar-refractivity contribution is -0.142. The summed E-state index contributed by atoms with van der Waals surface area (Å²) in [5.41, 5.74) is 4.05. The van der Waals surface area contributed by atoms with Crippen LogP contribution in [0.1, 0.15) is 27.4 Å². The highest BCUT2D eigenvalue weighted by atomic mass is 79.9. The number of esters is 1. The molecule has 1 heterocycles. The monoisotopic (exact) mass is 520 g/mol. The zero-order valence-corrected chi connectivity index (χ0v) is 20.2. The van der Waals surface area contributed by atoms with E-state index >= 15 is 0 Å². The molecule has 0 saturated heterocycles. The smallest absolute Gasteiger partial charge is 0.314 e. The second-order valence-corrected chi connectivity index (χ2v) is 8.74. The van der Waals surface area contributed by atoms with Gasteiger partial charge in [-0.05, 0) is 48.4 Å². The van der Waals surface area contributed by atoms with E-state index in [1.807, 2.05) is 55.5 Å². The molecule has 7 heteroatoms. The van der Waals surface area contributed by atoms with Gasteiger partial charge in [0, 0.05) is 22.0 Å². The van der Waals surface area contributed by atoms with Crippen molar-refractivity contribution >= 4 is 38.7 Å². The van der Waals surface area contributed by atoms with Gasteiger partial charge in [0.25, 0.3) is 5.91 Å². The van der Waals surface area contributed by atoms with Crippen LogP contribution in [0.25, 0.3) is 22.2 Å². The topological polar surface area (TPSA) is 68.3 Å². The van der Waals surface area contributed by atoms with Gasteiger partial charge < -0.3 is 10.1 Å². The van der Waals surface area contributed by atoms with E-state index in [4.69, 9.17) is 9.72 Å². The summed E-state index contributed by atoms with van der Waals surface area (Å²) in [5.74, 6) is -2.04. The maximum atomic E-state index is 13.5. The summed E-state index contributed by atoms with van der Waals surface area (Å²) in [4.78, 5) is 30.7. The minimum atomic E-state index is -0.775. The van der Waals surface area contributed by atoms with Crippen LogP contribution < -0.4 is 5.32 Å². The molecule has 0 saturated carbocycles. The van der Waals surface area contributed by atoms with E-state index in [1.54, 1.807) is 0 Å². The molecular weight excluding hydrogens is 499 g/mol. The van der Waals surface area contributed by atoms with Crippen LogP contribution in [0.2, 0.25) is 0 Å². The van der Waals surface area contributed by atoms with Crippen LogP contribution >= 0.6 is 15.9 Å². The van der Waals surface area contributed by atoms with E-state index in [-0.39, 0.29) is 12.5 Å². The fourth-order valence-corrected chi connectivity index (χ4v) is 4.32. The van der Waals surface area contributed by atoms with Crippen LogP contribution in [0.3, 0.4) is 0 Å². The molecule has 0 bridgehead atoms. The van der Waals surface area contributed by atoms with Gasteiger partial charge in [-0.15, -0.1) is 0 Å². The minimum Gasteiger partial charge on any atom is -0.468 e. The molecule has 172 valence electrons. The number of fused-ring (bicyclic) bond motifs is 1. The van der Waals surface area contributed by atoms with Gasteiger partial charge in [0.05, 0.1) is 29.8 Å². The van der Waals surface area contributed by atoms with Gasteiger partial charge in [-0.3, -0.25) is 9.59 Å². The third kappa shape index (κ3) is 4.84. The SMILES string of the molecule is COC(=O)C(CNC(=O)c1c(C)c(-c2ccccc2)nc2ccc(Br)cc12)c1ccc(F)cc1. The fraction of sp³-hybridized carbons (Fsp3) is 0.148. The largest absolute Gasteiger partial charge is 0.468 e. The Labute approximate surface area is 205 Å². The van der Waals surface area contributed by atoms with Crippen molar-refractivity contribution in [1.82, 2.24) is 10.3 Å². The first kappa shape index (κ1) is 23.6. The van der Waals surface area contributed by atoms with E-state index in [0.29, 0.717) is 27.7 Å². The predicted molar refractivity (Wildman–Crippen MR) is 133 cm³/mol. The Morgan fingerprint density at radius 3 is 2.44 bits per heavy atom. The number of nitrogens with one attached hydrogen (secondary N) is 1. The maximum Gasteiger partial charge on any atom is 0.314 e. The number of carbonyl (C=O) groups is 2. The van der Waals surface area contributed by atoms with Crippen LogP contribution in [-0.2, 0) is 9.53 Å². The number of aromatic nitrogens is 1. The molecule has 1 unspecified atom stereocenters. The van der Waals surface area contributed by atoms with Crippen LogP contribution in [0.5, 0.6) is 0 Å². The zero-order chi connectivity index (χ0) is 24.2. The third-order valence-corrected chi connectivity index (χ3v) is 6.18. The number of amides is 1. The predicted octanol–water partition coefficient (Wildman–Crippen LogP) is 5.80. The number of ether oxygens (including phenoxy) is 1. The summed E-state index contributed by atoms with van der Waals surface area (Å²) in [6.45, 7) is 1.86. The van der Waals surface area contributed by atoms with Crippen molar-refractivity contribution in [1.29, 1.82) is 0 Å². The van der Waals surface area contributed by atoms with Gasteiger partial charge in [-0.25, -0.2) is 9.37 Å². The molecule has 1 atom stereocenters. The molecule has 4 rings (SSSR count). The third-order valence-electron chi connectivity index (χ3n) is 5.69. The Hall–Kier alpha value is -3.58. The molecule has 0 aliphatic carbocycles. The van der Waals surface area contributed by atoms with Crippen LogP contribution in [0.4, 0.5) is 4.39 Å². The molecular formula is C27H22BrFN2O3. The number of nitrogens with zero attached hydrogens (tertiary/aromatic N) is 1. The minimum absolute atomic E-state index is 0.00489. The quantitative estimate of drug-likeness (QED) is 0.326. The molecule has 0 aliphatic rings. The standard InChI is InChI=1S/C27H22BrFN2O3/c1-16-24(26(32)30-15-22(27(33)34-2)17-8-11-20(29)12-9-17)21-14-19(28)10-13-23(21)31-25(16)18-6-4-3-5-7-18/h3-14,22H,15H2,1-2H3,(H,30,32). The average molecular weight is 521 g/mol. The number of pyridine rings is 1. The second-order valence-electron chi connectivity index (χ2n) is 7.83. The first-order valence-corrected chi connectivity index (χ1v) is 11.4. The van der Waals surface area contributed by atoms with Crippen LogP contribution in [-0.4, -0.2) is 30.5 Å². The molecule has 1 N–H and O–H groups in total. The number of halogens is 2. The summed E-state index contributed by atoms with van der Waals surface area (Å²) in [5, 5.41) is 3.58. The zero-order valence-electron chi connectivity index (χ0n) is 18.6. The van der Waals surface area contributed by atoms with Crippen molar-refractivity contribution in [3.63, 3.8) is 0 Å². The van der Waals surface area contributed by atoms with Gasteiger partial charge in [-0.1, -0.05) is 58.4 Å².